The quantitative estimate of drug-likeness (QED) is 0.766. The van der Waals surface area contributed by atoms with Gasteiger partial charge in [-0.15, -0.1) is 0 Å². The van der Waals surface area contributed by atoms with E-state index in [1.807, 2.05) is 0 Å². The third-order valence-corrected chi connectivity index (χ3v) is 2.85. The first-order valence-corrected chi connectivity index (χ1v) is 5.92. The Hall–Kier alpha value is -1.96. The van der Waals surface area contributed by atoms with Gasteiger partial charge in [0.25, 0.3) is 5.91 Å². The summed E-state index contributed by atoms with van der Waals surface area (Å²) in [6.07, 6.45) is 0.0793. The van der Waals surface area contributed by atoms with Crippen molar-refractivity contribution < 1.29 is 9.59 Å². The van der Waals surface area contributed by atoms with Crippen LogP contribution in [0.5, 0.6) is 0 Å². The van der Waals surface area contributed by atoms with Crippen LogP contribution in [-0.4, -0.2) is 58.9 Å². The van der Waals surface area contributed by atoms with Gasteiger partial charge in [0, 0.05) is 21.1 Å². The molecule has 1 aliphatic heterocycles. The molecule has 8 nitrogen and oxygen atoms in total. The normalized spacial score (nSPS) is 18.9. The Kier molecular flexibility index (Phi) is 3.52. The standard InChI is InChI=1S/C10H13ClN6O2/c1-16(2)10-14-8(11)13-9(15-10)12-5-4-6(18)17(3)7(5)19/h5H,4H2,1-3H3,(H,12,13,14,15). The van der Waals surface area contributed by atoms with Gasteiger partial charge in [0.05, 0.1) is 6.42 Å². The minimum absolute atomic E-state index is 0.0197. The number of likely N-dealkylation sites (tertiary alicyclic amines) is 1. The highest BCUT2D eigenvalue weighted by molar-refractivity contribution is 6.28. The monoisotopic (exact) mass is 284 g/mol. The summed E-state index contributed by atoms with van der Waals surface area (Å²) >= 11 is 5.78. The molecule has 0 spiro atoms. The van der Waals surface area contributed by atoms with Gasteiger partial charge >= 0.3 is 0 Å². The van der Waals surface area contributed by atoms with Gasteiger partial charge < -0.3 is 10.2 Å². The molecule has 1 aliphatic rings. The van der Waals surface area contributed by atoms with E-state index in [9.17, 15) is 9.59 Å². The van der Waals surface area contributed by atoms with E-state index in [0.29, 0.717) is 5.95 Å². The van der Waals surface area contributed by atoms with Crippen LogP contribution in [-0.2, 0) is 9.59 Å². The summed E-state index contributed by atoms with van der Waals surface area (Å²) in [7, 11) is 4.96. The SMILES string of the molecule is CN1C(=O)CC(Nc2nc(Cl)nc(N(C)C)n2)C1=O. The lowest BCUT2D eigenvalue weighted by molar-refractivity contribution is -0.136. The second kappa shape index (κ2) is 4.96. The number of aromatic nitrogens is 3. The van der Waals surface area contributed by atoms with Crippen LogP contribution in [0.3, 0.4) is 0 Å². The molecule has 0 radical (unpaired) electrons. The first-order chi connectivity index (χ1) is 8.88. The molecule has 0 aliphatic carbocycles. The smallest absolute Gasteiger partial charge is 0.252 e. The number of amides is 2. The Morgan fingerprint density at radius 1 is 1.32 bits per heavy atom. The first kappa shape index (κ1) is 13.5. The van der Waals surface area contributed by atoms with Crippen molar-refractivity contribution in [3.8, 4) is 0 Å². The van der Waals surface area contributed by atoms with Crippen LogP contribution in [0.15, 0.2) is 0 Å². The Balaban J connectivity index is 2.20. The highest BCUT2D eigenvalue weighted by atomic mass is 35.5. The van der Waals surface area contributed by atoms with E-state index in [1.165, 1.54) is 7.05 Å². The molecule has 1 unspecified atom stereocenters. The number of likely N-dealkylation sites (N-methyl/N-ethyl adjacent to an activating group) is 1. The average Bonchev–Trinajstić information content (AvgIpc) is 2.56. The lowest BCUT2D eigenvalue weighted by Gasteiger charge is -2.14. The van der Waals surface area contributed by atoms with Crippen molar-refractivity contribution in [2.45, 2.75) is 12.5 Å². The first-order valence-electron chi connectivity index (χ1n) is 5.54. The average molecular weight is 285 g/mol. The third-order valence-electron chi connectivity index (χ3n) is 2.68. The van der Waals surface area contributed by atoms with Crippen LogP contribution in [0.2, 0.25) is 5.28 Å². The molecular formula is C10H13ClN6O2. The molecule has 102 valence electrons. The van der Waals surface area contributed by atoms with E-state index < -0.39 is 6.04 Å². The molecule has 2 rings (SSSR count). The molecule has 0 bridgehead atoms. The van der Waals surface area contributed by atoms with E-state index in [4.69, 9.17) is 11.6 Å². The van der Waals surface area contributed by atoms with Gasteiger partial charge in [-0.1, -0.05) is 0 Å². The summed E-state index contributed by atoms with van der Waals surface area (Å²) in [6.45, 7) is 0. The predicted octanol–water partition coefficient (Wildman–Crippen LogP) is -0.240. The zero-order valence-corrected chi connectivity index (χ0v) is 11.5. The lowest BCUT2D eigenvalue weighted by atomic mass is 10.2. The van der Waals surface area contributed by atoms with Gasteiger partial charge in [-0.25, -0.2) is 0 Å². The Morgan fingerprint density at radius 3 is 2.53 bits per heavy atom. The van der Waals surface area contributed by atoms with Gasteiger partial charge in [0.15, 0.2) is 0 Å². The molecule has 9 heteroatoms. The zero-order valence-electron chi connectivity index (χ0n) is 10.7. The Bertz CT molecular complexity index is 535. The molecule has 19 heavy (non-hydrogen) atoms. The van der Waals surface area contributed by atoms with Crippen LogP contribution >= 0.6 is 11.6 Å². The number of rotatable bonds is 3. The number of hydrogen-bond acceptors (Lipinski definition) is 7. The summed E-state index contributed by atoms with van der Waals surface area (Å²) in [5.74, 6) is -0.0128. The summed E-state index contributed by atoms with van der Waals surface area (Å²) in [5.41, 5.74) is 0. The Labute approximate surface area is 114 Å². The van der Waals surface area contributed by atoms with Gasteiger partial charge in [-0.2, -0.15) is 15.0 Å². The number of halogens is 1. The minimum Gasteiger partial charge on any atom is -0.347 e. The van der Waals surface area contributed by atoms with E-state index in [2.05, 4.69) is 20.3 Å². The maximum absolute atomic E-state index is 11.8. The summed E-state index contributed by atoms with van der Waals surface area (Å²) in [6, 6.07) is -0.661. The van der Waals surface area contributed by atoms with Crippen molar-refractivity contribution in [3.63, 3.8) is 0 Å². The molecule has 1 aromatic heterocycles. The molecule has 1 N–H and O–H groups in total. The fourth-order valence-corrected chi connectivity index (χ4v) is 1.78. The highest BCUT2D eigenvalue weighted by Crippen LogP contribution is 2.17. The van der Waals surface area contributed by atoms with Crippen molar-refractivity contribution >= 4 is 35.3 Å². The molecule has 1 fully saturated rings. The van der Waals surface area contributed by atoms with Gasteiger partial charge in [-0.05, 0) is 11.6 Å². The summed E-state index contributed by atoms with van der Waals surface area (Å²) < 4.78 is 0. The van der Waals surface area contributed by atoms with Gasteiger partial charge in [0.1, 0.15) is 6.04 Å². The van der Waals surface area contributed by atoms with E-state index in [-0.39, 0.29) is 29.5 Å². The van der Waals surface area contributed by atoms with Crippen LogP contribution in [0.4, 0.5) is 11.9 Å². The number of nitrogens with zero attached hydrogens (tertiary/aromatic N) is 5. The summed E-state index contributed by atoms with van der Waals surface area (Å²) in [5, 5.41) is 2.82. The molecule has 2 heterocycles. The Morgan fingerprint density at radius 2 is 2.00 bits per heavy atom. The topological polar surface area (TPSA) is 91.3 Å². The van der Waals surface area contributed by atoms with Crippen LogP contribution < -0.4 is 10.2 Å². The predicted molar refractivity (Wildman–Crippen MR) is 69.0 cm³/mol. The van der Waals surface area contributed by atoms with Gasteiger partial charge in [-0.3, -0.25) is 14.5 Å². The number of carbonyl (C=O) groups is 2. The fourth-order valence-electron chi connectivity index (χ4n) is 1.63. The van der Waals surface area contributed by atoms with Crippen molar-refractivity contribution in [1.29, 1.82) is 0 Å². The highest BCUT2D eigenvalue weighted by Gasteiger charge is 2.36. The van der Waals surface area contributed by atoms with E-state index in [1.54, 1.807) is 19.0 Å². The van der Waals surface area contributed by atoms with Crippen molar-refractivity contribution in [3.05, 3.63) is 5.28 Å². The number of hydrogen-bond donors (Lipinski definition) is 1. The van der Waals surface area contributed by atoms with Crippen LogP contribution in [0.1, 0.15) is 6.42 Å². The number of nitrogens with one attached hydrogen (secondary N) is 1. The number of imide groups is 1. The molecular weight excluding hydrogens is 272 g/mol. The zero-order chi connectivity index (χ0) is 14.2. The molecule has 1 aromatic rings. The lowest BCUT2D eigenvalue weighted by Crippen LogP contribution is -2.32. The molecule has 0 saturated carbocycles. The number of carbonyl (C=O) groups excluding carboxylic acids is 2. The largest absolute Gasteiger partial charge is 0.347 e. The van der Waals surface area contributed by atoms with Gasteiger partial charge in [0.2, 0.25) is 23.1 Å². The maximum atomic E-state index is 11.8. The van der Waals surface area contributed by atoms with Crippen LogP contribution in [0, 0.1) is 0 Å². The third kappa shape index (κ3) is 2.73. The second-order valence-corrected chi connectivity index (χ2v) is 4.65. The molecule has 0 aromatic carbocycles. The second-order valence-electron chi connectivity index (χ2n) is 4.31. The number of anilines is 2. The fraction of sp³-hybridized carbons (Fsp3) is 0.500. The van der Waals surface area contributed by atoms with E-state index in [0.717, 1.165) is 4.90 Å². The molecule has 2 amide bonds. The summed E-state index contributed by atoms with van der Waals surface area (Å²) in [4.78, 5) is 37.8. The van der Waals surface area contributed by atoms with Crippen molar-refractivity contribution in [2.24, 2.45) is 0 Å². The molecule has 1 atom stereocenters. The van der Waals surface area contributed by atoms with Crippen molar-refractivity contribution in [1.82, 2.24) is 19.9 Å². The maximum Gasteiger partial charge on any atom is 0.252 e. The van der Waals surface area contributed by atoms with Crippen LogP contribution in [0.25, 0.3) is 0 Å². The minimum atomic E-state index is -0.661. The van der Waals surface area contributed by atoms with E-state index >= 15 is 0 Å². The molecule has 1 saturated heterocycles. The van der Waals surface area contributed by atoms with Crippen molar-refractivity contribution in [2.75, 3.05) is 31.4 Å².